The van der Waals surface area contributed by atoms with Crippen LogP contribution in [0.4, 0.5) is 5.95 Å². The van der Waals surface area contributed by atoms with E-state index in [1.165, 1.54) is 0 Å². The van der Waals surface area contributed by atoms with E-state index in [1.54, 1.807) is 12.3 Å². The molecule has 108 valence electrons. The van der Waals surface area contributed by atoms with Gasteiger partial charge in [-0.15, -0.1) is 0 Å². The van der Waals surface area contributed by atoms with E-state index in [-0.39, 0.29) is 0 Å². The maximum atomic E-state index is 9.51. The lowest BCUT2D eigenvalue weighted by atomic mass is 10.1. The summed E-state index contributed by atoms with van der Waals surface area (Å²) in [5.41, 5.74) is 2.00. The summed E-state index contributed by atoms with van der Waals surface area (Å²) in [6.45, 7) is 0. The molecule has 2 aromatic heterocycles. The van der Waals surface area contributed by atoms with E-state index in [0.717, 1.165) is 18.4 Å². The van der Waals surface area contributed by atoms with Crippen molar-refractivity contribution in [2.45, 2.75) is 24.8 Å². The van der Waals surface area contributed by atoms with Gasteiger partial charge in [0.05, 0.1) is 11.8 Å². The van der Waals surface area contributed by atoms with Gasteiger partial charge < -0.3 is 9.73 Å². The molecule has 1 unspecified atom stereocenters. The van der Waals surface area contributed by atoms with Crippen molar-refractivity contribution in [3.8, 4) is 6.07 Å². The molecule has 2 heterocycles. The molecule has 1 fully saturated rings. The fraction of sp³-hybridized carbons (Fsp3) is 0.250. The highest BCUT2D eigenvalue weighted by atomic mass is 16.3. The summed E-state index contributed by atoms with van der Waals surface area (Å²) in [4.78, 5) is 13.0. The van der Waals surface area contributed by atoms with Crippen LogP contribution < -0.4 is 5.32 Å². The number of nitriles is 1. The Bertz CT molecular complexity index is 829. The van der Waals surface area contributed by atoms with E-state index in [2.05, 4.69) is 26.3 Å². The Hall–Kier alpha value is -2.94. The standard InChI is InChI=1S/C16H13N5O/c17-9-11(15-20-13-3-1-2-4-14(13)22-15)12-7-8-18-16(21-12)19-10-5-6-10/h1-4,7-8,10-11H,5-6H2,(H,18,19,21). The number of rotatable bonds is 4. The van der Waals surface area contributed by atoms with Gasteiger partial charge >= 0.3 is 0 Å². The number of oxazole rings is 1. The number of nitrogens with one attached hydrogen (secondary N) is 1. The summed E-state index contributed by atoms with van der Waals surface area (Å²) >= 11 is 0. The normalized spacial score (nSPS) is 15.4. The summed E-state index contributed by atoms with van der Waals surface area (Å²) in [5, 5.41) is 12.7. The Morgan fingerprint density at radius 2 is 2.09 bits per heavy atom. The van der Waals surface area contributed by atoms with Crippen molar-refractivity contribution in [1.82, 2.24) is 15.0 Å². The minimum Gasteiger partial charge on any atom is -0.439 e. The van der Waals surface area contributed by atoms with E-state index >= 15 is 0 Å². The van der Waals surface area contributed by atoms with Crippen LogP contribution in [0.2, 0.25) is 0 Å². The lowest BCUT2D eigenvalue weighted by Gasteiger charge is -2.07. The number of aromatic nitrogens is 3. The lowest BCUT2D eigenvalue weighted by molar-refractivity contribution is 0.525. The van der Waals surface area contributed by atoms with Crippen LogP contribution in [-0.4, -0.2) is 21.0 Å². The van der Waals surface area contributed by atoms with Crippen LogP contribution >= 0.6 is 0 Å². The van der Waals surface area contributed by atoms with Crippen molar-refractivity contribution in [3.05, 3.63) is 48.1 Å². The molecule has 1 atom stereocenters. The fourth-order valence-electron chi connectivity index (χ4n) is 2.27. The Balaban J connectivity index is 1.70. The molecule has 1 aromatic carbocycles. The van der Waals surface area contributed by atoms with Crippen LogP contribution in [0.25, 0.3) is 11.1 Å². The highest BCUT2D eigenvalue weighted by Gasteiger charge is 2.24. The second kappa shape index (κ2) is 5.11. The maximum absolute atomic E-state index is 9.51. The number of anilines is 1. The van der Waals surface area contributed by atoms with Gasteiger partial charge in [0.25, 0.3) is 0 Å². The monoisotopic (exact) mass is 291 g/mol. The second-order valence-electron chi connectivity index (χ2n) is 5.31. The smallest absolute Gasteiger partial charge is 0.223 e. The quantitative estimate of drug-likeness (QED) is 0.795. The van der Waals surface area contributed by atoms with Gasteiger partial charge in [-0.1, -0.05) is 12.1 Å². The van der Waals surface area contributed by atoms with Gasteiger partial charge in [-0.05, 0) is 31.0 Å². The molecule has 3 aromatic rings. The fourth-order valence-corrected chi connectivity index (χ4v) is 2.27. The maximum Gasteiger partial charge on any atom is 0.223 e. The van der Waals surface area contributed by atoms with Crippen molar-refractivity contribution in [2.24, 2.45) is 0 Å². The highest BCUT2D eigenvalue weighted by Crippen LogP contribution is 2.27. The number of hydrogen-bond donors (Lipinski definition) is 1. The average Bonchev–Trinajstić information content (AvgIpc) is 3.25. The molecule has 1 saturated carbocycles. The summed E-state index contributed by atoms with van der Waals surface area (Å²) < 4.78 is 5.69. The zero-order chi connectivity index (χ0) is 14.9. The topological polar surface area (TPSA) is 87.6 Å². The van der Waals surface area contributed by atoms with Gasteiger partial charge in [-0.2, -0.15) is 5.26 Å². The minimum absolute atomic E-state index is 0.361. The average molecular weight is 291 g/mol. The molecule has 0 bridgehead atoms. The third kappa shape index (κ3) is 2.37. The molecule has 0 saturated heterocycles. The van der Waals surface area contributed by atoms with E-state index in [0.29, 0.717) is 29.2 Å². The van der Waals surface area contributed by atoms with Crippen LogP contribution in [-0.2, 0) is 0 Å². The summed E-state index contributed by atoms with van der Waals surface area (Å²) in [7, 11) is 0. The molecular formula is C16H13N5O. The molecule has 1 aliphatic carbocycles. The van der Waals surface area contributed by atoms with Crippen molar-refractivity contribution in [2.75, 3.05) is 5.32 Å². The summed E-state index contributed by atoms with van der Waals surface area (Å²) in [6.07, 6.45) is 3.93. The van der Waals surface area contributed by atoms with Crippen molar-refractivity contribution < 1.29 is 4.42 Å². The van der Waals surface area contributed by atoms with Gasteiger partial charge in [-0.3, -0.25) is 0 Å². The Morgan fingerprint density at radius 3 is 2.86 bits per heavy atom. The van der Waals surface area contributed by atoms with Crippen LogP contribution in [0.5, 0.6) is 0 Å². The molecule has 1 aliphatic rings. The summed E-state index contributed by atoms with van der Waals surface area (Å²) in [6, 6.07) is 11.9. The van der Waals surface area contributed by atoms with E-state index in [4.69, 9.17) is 4.42 Å². The summed E-state index contributed by atoms with van der Waals surface area (Å²) in [5.74, 6) is 0.270. The largest absolute Gasteiger partial charge is 0.439 e. The molecule has 4 rings (SSSR count). The first-order chi connectivity index (χ1) is 10.8. The SMILES string of the molecule is N#CC(c1ccnc(NC2CC2)n1)c1nc2ccccc2o1. The first-order valence-electron chi connectivity index (χ1n) is 7.18. The third-order valence-electron chi connectivity index (χ3n) is 3.57. The Labute approximate surface area is 126 Å². The van der Waals surface area contributed by atoms with E-state index in [1.807, 2.05) is 24.3 Å². The zero-order valence-corrected chi connectivity index (χ0v) is 11.7. The van der Waals surface area contributed by atoms with E-state index in [9.17, 15) is 5.26 Å². The van der Waals surface area contributed by atoms with Crippen LogP contribution in [0.3, 0.4) is 0 Å². The van der Waals surface area contributed by atoms with Gasteiger partial charge in [0.1, 0.15) is 5.52 Å². The van der Waals surface area contributed by atoms with Crippen LogP contribution in [0, 0.1) is 11.3 Å². The zero-order valence-electron chi connectivity index (χ0n) is 11.7. The number of para-hydroxylation sites is 2. The van der Waals surface area contributed by atoms with Gasteiger partial charge in [0.15, 0.2) is 11.5 Å². The molecule has 0 spiro atoms. The van der Waals surface area contributed by atoms with Crippen LogP contribution in [0.1, 0.15) is 30.3 Å². The van der Waals surface area contributed by atoms with Crippen LogP contribution in [0.15, 0.2) is 40.9 Å². The predicted molar refractivity (Wildman–Crippen MR) is 80.1 cm³/mol. The van der Waals surface area contributed by atoms with E-state index < -0.39 is 5.92 Å². The molecular weight excluding hydrogens is 278 g/mol. The molecule has 6 nitrogen and oxygen atoms in total. The van der Waals surface area contributed by atoms with Crippen molar-refractivity contribution in [1.29, 1.82) is 5.26 Å². The Kier molecular flexibility index (Phi) is 2.97. The molecule has 0 aliphatic heterocycles. The Morgan fingerprint density at radius 1 is 1.23 bits per heavy atom. The molecule has 22 heavy (non-hydrogen) atoms. The lowest BCUT2D eigenvalue weighted by Crippen LogP contribution is -2.09. The van der Waals surface area contributed by atoms with Gasteiger partial charge in [-0.25, -0.2) is 15.0 Å². The van der Waals surface area contributed by atoms with Gasteiger partial charge in [0, 0.05) is 12.2 Å². The second-order valence-corrected chi connectivity index (χ2v) is 5.31. The number of nitrogens with zero attached hydrogens (tertiary/aromatic N) is 4. The number of hydrogen-bond acceptors (Lipinski definition) is 6. The first kappa shape index (κ1) is 12.8. The molecule has 0 radical (unpaired) electrons. The van der Waals surface area contributed by atoms with Gasteiger partial charge in [0.2, 0.25) is 11.8 Å². The molecule has 6 heteroatoms. The van der Waals surface area contributed by atoms with Crippen molar-refractivity contribution >= 4 is 17.0 Å². The molecule has 1 N–H and O–H groups in total. The van der Waals surface area contributed by atoms with Crippen molar-refractivity contribution in [3.63, 3.8) is 0 Å². The first-order valence-corrected chi connectivity index (χ1v) is 7.18. The number of fused-ring (bicyclic) bond motifs is 1. The number of benzene rings is 1. The predicted octanol–water partition coefficient (Wildman–Crippen LogP) is 2.85. The molecule has 0 amide bonds. The highest BCUT2D eigenvalue weighted by molar-refractivity contribution is 5.72. The third-order valence-corrected chi connectivity index (χ3v) is 3.57. The minimum atomic E-state index is -0.643.